The highest BCUT2D eigenvalue weighted by Crippen LogP contribution is 2.21. The molecule has 0 aliphatic heterocycles. The van der Waals surface area contributed by atoms with E-state index in [4.69, 9.17) is 10.5 Å². The smallest absolute Gasteiger partial charge is 0.123 e. The standard InChI is InChI=1S/C12H18FNO/c1-9(14)4-3-5-10-8-11(13)6-7-12(10)15-2/h6-9H,3-5,14H2,1-2H3. The molecule has 1 rings (SSSR count). The maximum absolute atomic E-state index is 13.0. The Morgan fingerprint density at radius 2 is 2.20 bits per heavy atom. The molecular formula is C12H18FNO. The first kappa shape index (κ1) is 12.0. The Hall–Kier alpha value is -1.09. The first-order valence-corrected chi connectivity index (χ1v) is 5.21. The van der Waals surface area contributed by atoms with Crippen LogP contribution in [0, 0.1) is 5.82 Å². The maximum Gasteiger partial charge on any atom is 0.123 e. The predicted octanol–water partition coefficient (Wildman–Crippen LogP) is 2.50. The lowest BCUT2D eigenvalue weighted by molar-refractivity contribution is 0.407. The van der Waals surface area contributed by atoms with Crippen LogP contribution in [0.15, 0.2) is 18.2 Å². The van der Waals surface area contributed by atoms with Crippen LogP contribution in [0.5, 0.6) is 5.75 Å². The van der Waals surface area contributed by atoms with Crippen LogP contribution in [-0.4, -0.2) is 13.2 Å². The third-order valence-corrected chi connectivity index (χ3v) is 2.35. The van der Waals surface area contributed by atoms with Crippen molar-refractivity contribution in [2.75, 3.05) is 7.11 Å². The molecule has 2 N–H and O–H groups in total. The van der Waals surface area contributed by atoms with Crippen LogP contribution in [0.25, 0.3) is 0 Å². The molecule has 2 nitrogen and oxygen atoms in total. The molecule has 0 radical (unpaired) electrons. The van der Waals surface area contributed by atoms with Gasteiger partial charge in [0.2, 0.25) is 0 Å². The molecule has 1 aromatic rings. The van der Waals surface area contributed by atoms with E-state index in [9.17, 15) is 4.39 Å². The Kier molecular flexibility index (Phi) is 4.56. The van der Waals surface area contributed by atoms with E-state index in [1.165, 1.54) is 12.1 Å². The molecule has 0 saturated carbocycles. The number of rotatable bonds is 5. The van der Waals surface area contributed by atoms with E-state index in [0.717, 1.165) is 30.6 Å². The van der Waals surface area contributed by atoms with Gasteiger partial charge in [0, 0.05) is 6.04 Å². The van der Waals surface area contributed by atoms with Gasteiger partial charge in [0.1, 0.15) is 11.6 Å². The van der Waals surface area contributed by atoms with Gasteiger partial charge in [-0.3, -0.25) is 0 Å². The Bertz CT molecular complexity index is 312. The molecule has 0 aromatic heterocycles. The van der Waals surface area contributed by atoms with Gasteiger partial charge in [0.15, 0.2) is 0 Å². The summed E-state index contributed by atoms with van der Waals surface area (Å²) in [5.41, 5.74) is 6.57. The molecule has 0 bridgehead atoms. The van der Waals surface area contributed by atoms with Crippen molar-refractivity contribution in [3.63, 3.8) is 0 Å². The lowest BCUT2D eigenvalue weighted by Crippen LogP contribution is -2.14. The van der Waals surface area contributed by atoms with Crippen molar-refractivity contribution >= 4 is 0 Å². The van der Waals surface area contributed by atoms with Gasteiger partial charge in [-0.2, -0.15) is 0 Å². The Morgan fingerprint density at radius 1 is 1.47 bits per heavy atom. The van der Waals surface area contributed by atoms with Crippen LogP contribution in [0.2, 0.25) is 0 Å². The van der Waals surface area contributed by atoms with Crippen LogP contribution < -0.4 is 10.5 Å². The lowest BCUT2D eigenvalue weighted by atomic mass is 10.0. The van der Waals surface area contributed by atoms with E-state index in [0.29, 0.717) is 0 Å². The van der Waals surface area contributed by atoms with Crippen molar-refractivity contribution in [3.05, 3.63) is 29.6 Å². The molecule has 0 heterocycles. The normalized spacial score (nSPS) is 12.5. The number of benzene rings is 1. The molecule has 0 saturated heterocycles. The van der Waals surface area contributed by atoms with E-state index >= 15 is 0 Å². The summed E-state index contributed by atoms with van der Waals surface area (Å²) >= 11 is 0. The monoisotopic (exact) mass is 211 g/mol. The highest BCUT2D eigenvalue weighted by atomic mass is 19.1. The first-order valence-electron chi connectivity index (χ1n) is 5.21. The Morgan fingerprint density at radius 3 is 2.80 bits per heavy atom. The highest BCUT2D eigenvalue weighted by molar-refractivity contribution is 5.33. The summed E-state index contributed by atoms with van der Waals surface area (Å²) in [7, 11) is 1.60. The van der Waals surface area contributed by atoms with Crippen molar-refractivity contribution in [2.24, 2.45) is 5.73 Å². The SMILES string of the molecule is COc1ccc(F)cc1CCCC(C)N. The number of ether oxygens (including phenoxy) is 1. The summed E-state index contributed by atoms with van der Waals surface area (Å²) < 4.78 is 18.1. The second kappa shape index (κ2) is 5.71. The van der Waals surface area contributed by atoms with Crippen LogP contribution in [0.3, 0.4) is 0 Å². The van der Waals surface area contributed by atoms with Gasteiger partial charge in [-0.25, -0.2) is 4.39 Å². The summed E-state index contributed by atoms with van der Waals surface area (Å²) in [4.78, 5) is 0. The van der Waals surface area contributed by atoms with Crippen LogP contribution in [0.1, 0.15) is 25.3 Å². The first-order chi connectivity index (χ1) is 7.13. The van der Waals surface area contributed by atoms with Gasteiger partial charge < -0.3 is 10.5 Å². The molecule has 15 heavy (non-hydrogen) atoms. The maximum atomic E-state index is 13.0. The molecule has 0 spiro atoms. The fourth-order valence-corrected chi connectivity index (χ4v) is 1.56. The van der Waals surface area contributed by atoms with Gasteiger partial charge in [0.05, 0.1) is 7.11 Å². The zero-order valence-corrected chi connectivity index (χ0v) is 9.29. The third-order valence-electron chi connectivity index (χ3n) is 2.35. The van der Waals surface area contributed by atoms with Gasteiger partial charge in [-0.1, -0.05) is 0 Å². The molecular weight excluding hydrogens is 193 g/mol. The largest absolute Gasteiger partial charge is 0.496 e. The molecule has 1 aromatic carbocycles. The summed E-state index contributed by atoms with van der Waals surface area (Å²) in [6.07, 6.45) is 2.71. The molecule has 1 atom stereocenters. The van der Waals surface area contributed by atoms with Crippen LogP contribution in [-0.2, 0) is 6.42 Å². The number of aryl methyl sites for hydroxylation is 1. The van der Waals surface area contributed by atoms with Gasteiger partial charge in [-0.05, 0) is 49.9 Å². The molecule has 0 aliphatic rings. The molecule has 84 valence electrons. The van der Waals surface area contributed by atoms with E-state index in [-0.39, 0.29) is 11.9 Å². The van der Waals surface area contributed by atoms with Crippen molar-refractivity contribution < 1.29 is 9.13 Å². The number of hydrogen-bond acceptors (Lipinski definition) is 2. The molecule has 0 aliphatic carbocycles. The number of hydrogen-bond donors (Lipinski definition) is 1. The third kappa shape index (κ3) is 3.88. The van der Waals surface area contributed by atoms with E-state index in [1.807, 2.05) is 6.92 Å². The fraction of sp³-hybridized carbons (Fsp3) is 0.500. The number of methoxy groups -OCH3 is 1. The number of nitrogens with two attached hydrogens (primary N) is 1. The van der Waals surface area contributed by atoms with Crippen molar-refractivity contribution in [1.82, 2.24) is 0 Å². The van der Waals surface area contributed by atoms with Crippen molar-refractivity contribution in [2.45, 2.75) is 32.2 Å². The Balaban J connectivity index is 2.62. The van der Waals surface area contributed by atoms with Gasteiger partial charge in [-0.15, -0.1) is 0 Å². The summed E-state index contributed by atoms with van der Waals surface area (Å²) in [5.74, 6) is 0.535. The minimum atomic E-state index is -0.216. The van der Waals surface area contributed by atoms with E-state index < -0.39 is 0 Å². The second-order valence-corrected chi connectivity index (χ2v) is 3.83. The average molecular weight is 211 g/mol. The van der Waals surface area contributed by atoms with Crippen molar-refractivity contribution in [3.8, 4) is 5.75 Å². The van der Waals surface area contributed by atoms with Gasteiger partial charge in [0.25, 0.3) is 0 Å². The topological polar surface area (TPSA) is 35.2 Å². The van der Waals surface area contributed by atoms with Crippen LogP contribution in [0.4, 0.5) is 4.39 Å². The molecule has 1 unspecified atom stereocenters. The lowest BCUT2D eigenvalue weighted by Gasteiger charge is -2.09. The zero-order valence-electron chi connectivity index (χ0n) is 9.29. The highest BCUT2D eigenvalue weighted by Gasteiger charge is 2.04. The quantitative estimate of drug-likeness (QED) is 0.812. The minimum absolute atomic E-state index is 0.199. The summed E-state index contributed by atoms with van der Waals surface area (Å²) in [6, 6.07) is 4.80. The van der Waals surface area contributed by atoms with Crippen molar-refractivity contribution in [1.29, 1.82) is 0 Å². The fourth-order valence-electron chi connectivity index (χ4n) is 1.56. The Labute approximate surface area is 90.2 Å². The van der Waals surface area contributed by atoms with E-state index in [2.05, 4.69) is 0 Å². The van der Waals surface area contributed by atoms with Gasteiger partial charge >= 0.3 is 0 Å². The molecule has 0 amide bonds. The summed E-state index contributed by atoms with van der Waals surface area (Å²) in [5, 5.41) is 0. The summed E-state index contributed by atoms with van der Waals surface area (Å²) in [6.45, 7) is 1.98. The average Bonchev–Trinajstić information content (AvgIpc) is 2.17. The van der Waals surface area contributed by atoms with Crippen LogP contribution >= 0.6 is 0 Å². The molecule has 0 fully saturated rings. The second-order valence-electron chi connectivity index (χ2n) is 3.83. The minimum Gasteiger partial charge on any atom is -0.496 e. The zero-order chi connectivity index (χ0) is 11.3. The number of halogens is 1. The molecule has 3 heteroatoms. The van der Waals surface area contributed by atoms with E-state index in [1.54, 1.807) is 13.2 Å². The predicted molar refractivity (Wildman–Crippen MR) is 59.5 cm³/mol.